The highest BCUT2D eigenvalue weighted by atomic mass is 35.5. The van der Waals surface area contributed by atoms with E-state index in [0.717, 1.165) is 0 Å². The van der Waals surface area contributed by atoms with Crippen molar-refractivity contribution in [3.63, 3.8) is 0 Å². The van der Waals surface area contributed by atoms with Gasteiger partial charge in [0, 0.05) is 0 Å². The summed E-state index contributed by atoms with van der Waals surface area (Å²) in [6.45, 7) is 1.50. The lowest BCUT2D eigenvalue weighted by Gasteiger charge is -2.06. The topological polar surface area (TPSA) is 56.0 Å². The number of aryl methyl sites for hydroxylation is 1. The molecule has 2 N–H and O–H groups in total. The number of alkyl halides is 2. The number of pyridine rings is 1. The van der Waals surface area contributed by atoms with E-state index in [1.54, 1.807) is 0 Å². The second kappa shape index (κ2) is 3.88. The Kier molecular flexibility index (Phi) is 3.00. The largest absolute Gasteiger partial charge is 0.364 e. The molecular weight excluding hydrogens is 214 g/mol. The molecule has 14 heavy (non-hydrogen) atoms. The molecule has 1 rings (SSSR count). The first-order chi connectivity index (χ1) is 6.43. The van der Waals surface area contributed by atoms with Crippen molar-refractivity contribution in [2.45, 2.75) is 13.3 Å². The average Bonchev–Trinajstić information content (AvgIpc) is 2.08. The summed E-state index contributed by atoms with van der Waals surface area (Å²) in [4.78, 5) is 14.1. The standard InChI is InChI=1S/C8H7ClF2N2O/c1-3-2-4(8(12)14)13-6(5(3)9)7(10)11/h2,7H,1H3,(H2,12,14). The van der Waals surface area contributed by atoms with Crippen LogP contribution in [0.4, 0.5) is 8.78 Å². The van der Waals surface area contributed by atoms with Crippen molar-refractivity contribution < 1.29 is 13.6 Å². The van der Waals surface area contributed by atoms with Gasteiger partial charge in [-0.15, -0.1) is 0 Å². The van der Waals surface area contributed by atoms with Crippen LogP contribution in [0.1, 0.15) is 28.2 Å². The number of aromatic nitrogens is 1. The van der Waals surface area contributed by atoms with Gasteiger partial charge in [0.25, 0.3) is 12.3 Å². The van der Waals surface area contributed by atoms with Crippen LogP contribution in [0, 0.1) is 6.92 Å². The van der Waals surface area contributed by atoms with E-state index in [9.17, 15) is 13.6 Å². The third-order valence-corrected chi connectivity index (χ3v) is 2.12. The minimum Gasteiger partial charge on any atom is -0.364 e. The number of rotatable bonds is 2. The van der Waals surface area contributed by atoms with Crippen molar-refractivity contribution in [1.82, 2.24) is 4.98 Å². The maximum absolute atomic E-state index is 12.4. The van der Waals surface area contributed by atoms with E-state index in [1.165, 1.54) is 13.0 Å². The molecular formula is C8H7ClF2N2O. The Morgan fingerprint density at radius 3 is 2.64 bits per heavy atom. The predicted octanol–water partition coefficient (Wildman–Crippen LogP) is 2.08. The summed E-state index contributed by atoms with van der Waals surface area (Å²) < 4.78 is 24.7. The van der Waals surface area contributed by atoms with Crippen LogP contribution in [0.5, 0.6) is 0 Å². The van der Waals surface area contributed by atoms with Gasteiger partial charge in [-0.25, -0.2) is 13.8 Å². The Labute approximate surface area is 83.9 Å². The molecule has 0 aromatic carbocycles. The molecule has 0 saturated heterocycles. The number of hydrogen-bond donors (Lipinski definition) is 1. The van der Waals surface area contributed by atoms with Crippen molar-refractivity contribution in [1.29, 1.82) is 0 Å². The number of halogens is 3. The van der Waals surface area contributed by atoms with Gasteiger partial charge >= 0.3 is 0 Å². The first-order valence-electron chi connectivity index (χ1n) is 3.68. The molecule has 0 fully saturated rings. The van der Waals surface area contributed by atoms with Crippen LogP contribution in [-0.2, 0) is 0 Å². The molecule has 0 spiro atoms. The molecule has 0 bridgehead atoms. The van der Waals surface area contributed by atoms with Gasteiger partial charge < -0.3 is 5.73 Å². The van der Waals surface area contributed by atoms with Crippen molar-refractivity contribution in [2.75, 3.05) is 0 Å². The van der Waals surface area contributed by atoms with E-state index in [4.69, 9.17) is 17.3 Å². The number of amides is 1. The minimum absolute atomic E-state index is 0.134. The second-order valence-corrected chi connectivity index (χ2v) is 3.07. The van der Waals surface area contributed by atoms with Crippen LogP contribution in [-0.4, -0.2) is 10.9 Å². The first-order valence-corrected chi connectivity index (χ1v) is 4.06. The number of nitrogens with zero attached hydrogens (tertiary/aromatic N) is 1. The molecule has 0 aliphatic carbocycles. The number of carbonyl (C=O) groups excluding carboxylic acids is 1. The summed E-state index contributed by atoms with van der Waals surface area (Å²) in [5.41, 5.74) is 4.45. The normalized spacial score (nSPS) is 10.6. The summed E-state index contributed by atoms with van der Waals surface area (Å²) in [5, 5.41) is -0.134. The molecule has 1 aromatic heterocycles. The molecule has 0 aliphatic rings. The van der Waals surface area contributed by atoms with Gasteiger partial charge in [-0.1, -0.05) is 11.6 Å². The fourth-order valence-electron chi connectivity index (χ4n) is 0.952. The highest BCUT2D eigenvalue weighted by Gasteiger charge is 2.18. The molecule has 0 unspecified atom stereocenters. The highest BCUT2D eigenvalue weighted by Crippen LogP contribution is 2.28. The van der Waals surface area contributed by atoms with Crippen LogP contribution in [0.2, 0.25) is 5.02 Å². The SMILES string of the molecule is Cc1cc(C(N)=O)nc(C(F)F)c1Cl. The lowest BCUT2D eigenvalue weighted by Crippen LogP contribution is -2.14. The maximum atomic E-state index is 12.4. The van der Waals surface area contributed by atoms with Gasteiger partial charge in [-0.2, -0.15) is 0 Å². The van der Waals surface area contributed by atoms with Crippen molar-refractivity contribution in [3.8, 4) is 0 Å². The molecule has 3 nitrogen and oxygen atoms in total. The molecule has 0 radical (unpaired) electrons. The Bertz CT molecular complexity index is 382. The van der Waals surface area contributed by atoms with Gasteiger partial charge in [0.05, 0.1) is 5.02 Å². The second-order valence-electron chi connectivity index (χ2n) is 2.69. The maximum Gasteiger partial charge on any atom is 0.281 e. The molecule has 1 aromatic rings. The van der Waals surface area contributed by atoms with E-state index in [-0.39, 0.29) is 10.7 Å². The molecule has 0 aliphatic heterocycles. The van der Waals surface area contributed by atoms with Crippen LogP contribution < -0.4 is 5.73 Å². The molecule has 1 amide bonds. The van der Waals surface area contributed by atoms with Crippen LogP contribution in [0.3, 0.4) is 0 Å². The number of primary amides is 1. The van der Waals surface area contributed by atoms with E-state index in [2.05, 4.69) is 4.98 Å². The molecule has 1 heterocycles. The fourth-order valence-corrected chi connectivity index (χ4v) is 1.13. The van der Waals surface area contributed by atoms with Gasteiger partial charge in [0.15, 0.2) is 0 Å². The Morgan fingerprint density at radius 1 is 1.64 bits per heavy atom. The van der Waals surface area contributed by atoms with Gasteiger partial charge in [-0.3, -0.25) is 4.79 Å². The Morgan fingerprint density at radius 2 is 2.21 bits per heavy atom. The zero-order valence-corrected chi connectivity index (χ0v) is 7.98. The van der Waals surface area contributed by atoms with Crippen molar-refractivity contribution in [2.24, 2.45) is 5.73 Å². The van der Waals surface area contributed by atoms with Crippen LogP contribution in [0.15, 0.2) is 6.07 Å². The summed E-state index contributed by atoms with van der Waals surface area (Å²) >= 11 is 5.57. The quantitative estimate of drug-likeness (QED) is 0.830. The first kappa shape index (κ1) is 10.8. The summed E-state index contributed by atoms with van der Waals surface area (Å²) in [6, 6.07) is 1.27. The molecule has 76 valence electrons. The third kappa shape index (κ3) is 1.98. The van der Waals surface area contributed by atoms with Gasteiger partial charge in [0.1, 0.15) is 11.4 Å². The summed E-state index contributed by atoms with van der Waals surface area (Å²) in [5.74, 6) is -0.855. The van der Waals surface area contributed by atoms with Crippen LogP contribution >= 0.6 is 11.6 Å². The summed E-state index contributed by atoms with van der Waals surface area (Å²) in [6.07, 6.45) is -2.82. The lowest BCUT2D eigenvalue weighted by atomic mass is 10.2. The minimum atomic E-state index is -2.82. The van der Waals surface area contributed by atoms with Gasteiger partial charge in [0.2, 0.25) is 0 Å². The van der Waals surface area contributed by atoms with E-state index >= 15 is 0 Å². The fraction of sp³-hybridized carbons (Fsp3) is 0.250. The van der Waals surface area contributed by atoms with Crippen molar-refractivity contribution >= 4 is 17.5 Å². The highest BCUT2D eigenvalue weighted by molar-refractivity contribution is 6.32. The predicted molar refractivity (Wildman–Crippen MR) is 47.5 cm³/mol. The zero-order valence-electron chi connectivity index (χ0n) is 7.22. The summed E-state index contributed by atoms with van der Waals surface area (Å²) in [7, 11) is 0. The van der Waals surface area contributed by atoms with E-state index in [1.807, 2.05) is 0 Å². The zero-order chi connectivity index (χ0) is 10.9. The third-order valence-electron chi connectivity index (χ3n) is 1.62. The van der Waals surface area contributed by atoms with Gasteiger partial charge in [-0.05, 0) is 18.6 Å². The smallest absolute Gasteiger partial charge is 0.281 e. The van der Waals surface area contributed by atoms with Crippen molar-refractivity contribution in [3.05, 3.63) is 28.0 Å². The molecule has 6 heteroatoms. The monoisotopic (exact) mass is 220 g/mol. The number of hydrogen-bond acceptors (Lipinski definition) is 2. The Balaban J connectivity index is 3.35. The van der Waals surface area contributed by atoms with E-state index in [0.29, 0.717) is 5.56 Å². The number of nitrogens with two attached hydrogens (primary N) is 1. The molecule has 0 atom stereocenters. The van der Waals surface area contributed by atoms with Crippen LogP contribution in [0.25, 0.3) is 0 Å². The number of carbonyl (C=O) groups is 1. The Hall–Kier alpha value is -1.23. The average molecular weight is 221 g/mol. The lowest BCUT2D eigenvalue weighted by molar-refractivity contribution is 0.0993. The van der Waals surface area contributed by atoms with E-state index < -0.39 is 18.0 Å². The molecule has 0 saturated carbocycles.